The minimum Gasteiger partial charge on any atom is -0.304 e. The van der Waals surface area contributed by atoms with Gasteiger partial charge in [0.05, 0.1) is 5.02 Å². The quantitative estimate of drug-likeness (QED) is 0.834. The Morgan fingerprint density at radius 3 is 2.30 bits per heavy atom. The van der Waals surface area contributed by atoms with Crippen LogP contribution in [-0.4, -0.2) is 0 Å². The third kappa shape index (κ3) is 3.35. The van der Waals surface area contributed by atoms with Crippen molar-refractivity contribution in [2.45, 2.75) is 25.9 Å². The molecule has 0 bridgehead atoms. The number of benzene rings is 2. The summed E-state index contributed by atoms with van der Waals surface area (Å²) in [6, 6.07) is 11.0. The van der Waals surface area contributed by atoms with E-state index in [1.54, 1.807) is 24.3 Å². The molecule has 0 aliphatic carbocycles. The van der Waals surface area contributed by atoms with Gasteiger partial charge < -0.3 is 5.32 Å². The number of hydrogen-bond acceptors (Lipinski definition) is 1. The van der Waals surface area contributed by atoms with Crippen LogP contribution in [0.4, 0.5) is 8.78 Å². The lowest BCUT2D eigenvalue weighted by Crippen LogP contribution is -2.23. The van der Waals surface area contributed by atoms with Crippen LogP contribution in [-0.2, 0) is 0 Å². The zero-order valence-corrected chi connectivity index (χ0v) is 12.1. The molecule has 2 rings (SSSR count). The van der Waals surface area contributed by atoms with E-state index < -0.39 is 5.82 Å². The zero-order valence-electron chi connectivity index (χ0n) is 11.3. The third-order valence-electron chi connectivity index (χ3n) is 3.32. The van der Waals surface area contributed by atoms with Crippen LogP contribution in [0, 0.1) is 11.6 Å². The number of halogens is 3. The lowest BCUT2D eigenvalue weighted by molar-refractivity contribution is 0.472. The predicted octanol–water partition coefficient (Wildman–Crippen LogP) is 5.03. The molecule has 20 heavy (non-hydrogen) atoms. The first kappa shape index (κ1) is 14.9. The maximum absolute atomic E-state index is 13.7. The molecule has 0 radical (unpaired) electrons. The van der Waals surface area contributed by atoms with Gasteiger partial charge in [-0.05, 0) is 37.6 Å². The Hall–Kier alpha value is -1.45. The Morgan fingerprint density at radius 1 is 0.950 bits per heavy atom. The molecule has 0 saturated carbocycles. The highest BCUT2D eigenvalue weighted by Crippen LogP contribution is 2.24. The fraction of sp³-hybridized carbons (Fsp3) is 0.250. The van der Waals surface area contributed by atoms with E-state index in [1.165, 1.54) is 18.2 Å². The highest BCUT2D eigenvalue weighted by molar-refractivity contribution is 6.30. The van der Waals surface area contributed by atoms with E-state index in [0.29, 0.717) is 5.56 Å². The van der Waals surface area contributed by atoms with E-state index in [2.05, 4.69) is 5.32 Å². The summed E-state index contributed by atoms with van der Waals surface area (Å²) in [6.07, 6.45) is 0. The molecule has 0 fully saturated rings. The minimum absolute atomic E-state index is 0.100. The first-order chi connectivity index (χ1) is 9.49. The van der Waals surface area contributed by atoms with Crippen LogP contribution < -0.4 is 5.32 Å². The number of hydrogen-bond donors (Lipinski definition) is 1. The second-order valence-electron chi connectivity index (χ2n) is 4.81. The Kier molecular flexibility index (Phi) is 4.73. The summed E-state index contributed by atoms with van der Waals surface area (Å²) in [7, 11) is 0. The Bertz CT molecular complexity index is 601. The molecule has 2 atom stereocenters. The van der Waals surface area contributed by atoms with Crippen molar-refractivity contribution in [3.05, 3.63) is 70.2 Å². The van der Waals surface area contributed by atoms with Crippen molar-refractivity contribution < 1.29 is 8.78 Å². The first-order valence-corrected chi connectivity index (χ1v) is 6.82. The normalized spacial score (nSPS) is 14.1. The van der Waals surface area contributed by atoms with Crippen molar-refractivity contribution in [1.29, 1.82) is 0 Å². The van der Waals surface area contributed by atoms with Crippen LogP contribution in [0.5, 0.6) is 0 Å². The van der Waals surface area contributed by atoms with E-state index in [-0.39, 0.29) is 22.9 Å². The smallest absolute Gasteiger partial charge is 0.142 e. The van der Waals surface area contributed by atoms with Crippen LogP contribution >= 0.6 is 11.6 Å². The molecule has 0 aromatic heterocycles. The van der Waals surface area contributed by atoms with Crippen molar-refractivity contribution in [3.8, 4) is 0 Å². The lowest BCUT2D eigenvalue weighted by Gasteiger charge is -2.21. The Morgan fingerprint density at radius 2 is 1.65 bits per heavy atom. The zero-order chi connectivity index (χ0) is 14.7. The van der Waals surface area contributed by atoms with Gasteiger partial charge >= 0.3 is 0 Å². The first-order valence-electron chi connectivity index (χ1n) is 6.44. The van der Waals surface area contributed by atoms with Crippen LogP contribution in [0.1, 0.15) is 37.1 Å². The molecule has 0 amide bonds. The summed E-state index contributed by atoms with van der Waals surface area (Å²) in [5.41, 5.74) is 1.36. The summed E-state index contributed by atoms with van der Waals surface area (Å²) >= 11 is 5.66. The summed E-state index contributed by atoms with van der Waals surface area (Å²) in [5.74, 6) is -0.696. The third-order valence-corrected chi connectivity index (χ3v) is 3.62. The summed E-state index contributed by atoms with van der Waals surface area (Å²) in [4.78, 5) is 0. The average Bonchev–Trinajstić information content (AvgIpc) is 2.42. The number of rotatable bonds is 4. The predicted molar refractivity (Wildman–Crippen MR) is 77.8 cm³/mol. The standard InChI is InChI=1S/C16H16ClF2N/c1-10(12-7-8-14(17)16(19)9-12)20-11(2)13-5-3-4-6-15(13)18/h3-11,20H,1-2H3/t10?,11-/m1/s1. The molecule has 1 nitrogen and oxygen atoms in total. The number of nitrogens with one attached hydrogen (secondary N) is 1. The van der Waals surface area contributed by atoms with Crippen LogP contribution in [0.15, 0.2) is 42.5 Å². The molecule has 0 aliphatic rings. The van der Waals surface area contributed by atoms with E-state index in [0.717, 1.165) is 5.56 Å². The van der Waals surface area contributed by atoms with Gasteiger partial charge in [-0.15, -0.1) is 0 Å². The molecule has 0 heterocycles. The van der Waals surface area contributed by atoms with E-state index in [9.17, 15) is 8.78 Å². The summed E-state index contributed by atoms with van der Waals surface area (Å²) in [6.45, 7) is 3.78. The largest absolute Gasteiger partial charge is 0.304 e. The molecule has 1 N–H and O–H groups in total. The van der Waals surface area contributed by atoms with Gasteiger partial charge in [0.15, 0.2) is 0 Å². The highest BCUT2D eigenvalue weighted by Gasteiger charge is 2.15. The molecular formula is C16H16ClF2N. The van der Waals surface area contributed by atoms with Gasteiger partial charge in [0.25, 0.3) is 0 Å². The minimum atomic E-state index is -0.448. The van der Waals surface area contributed by atoms with Gasteiger partial charge in [-0.1, -0.05) is 35.9 Å². The molecule has 4 heteroatoms. The van der Waals surface area contributed by atoms with Crippen molar-refractivity contribution in [2.75, 3.05) is 0 Å². The van der Waals surface area contributed by atoms with Crippen molar-refractivity contribution in [2.24, 2.45) is 0 Å². The highest BCUT2D eigenvalue weighted by atomic mass is 35.5. The summed E-state index contributed by atoms with van der Waals surface area (Å²) < 4.78 is 27.1. The van der Waals surface area contributed by atoms with Gasteiger partial charge in [0, 0.05) is 17.6 Å². The van der Waals surface area contributed by atoms with Gasteiger partial charge in [-0.25, -0.2) is 8.78 Å². The monoisotopic (exact) mass is 295 g/mol. The molecule has 2 aromatic rings. The van der Waals surface area contributed by atoms with Gasteiger partial charge in [0.1, 0.15) is 11.6 Å². The lowest BCUT2D eigenvalue weighted by atomic mass is 10.0. The van der Waals surface area contributed by atoms with Gasteiger partial charge in [-0.2, -0.15) is 0 Å². The second-order valence-corrected chi connectivity index (χ2v) is 5.21. The maximum Gasteiger partial charge on any atom is 0.142 e. The fourth-order valence-electron chi connectivity index (χ4n) is 2.17. The molecular weight excluding hydrogens is 280 g/mol. The fourth-order valence-corrected chi connectivity index (χ4v) is 2.29. The molecule has 1 unspecified atom stereocenters. The molecule has 106 valence electrons. The van der Waals surface area contributed by atoms with Crippen LogP contribution in [0.3, 0.4) is 0 Å². The average molecular weight is 296 g/mol. The van der Waals surface area contributed by atoms with E-state index in [1.807, 2.05) is 13.8 Å². The van der Waals surface area contributed by atoms with Crippen LogP contribution in [0.2, 0.25) is 5.02 Å². The maximum atomic E-state index is 13.7. The van der Waals surface area contributed by atoms with Gasteiger partial charge in [0.2, 0.25) is 0 Å². The Balaban J connectivity index is 2.13. The summed E-state index contributed by atoms with van der Waals surface area (Å²) in [5, 5.41) is 3.35. The SMILES string of the molecule is CC(N[C@H](C)c1ccccc1F)c1ccc(Cl)c(F)c1. The second kappa shape index (κ2) is 6.33. The van der Waals surface area contributed by atoms with Gasteiger partial charge in [-0.3, -0.25) is 0 Å². The van der Waals surface area contributed by atoms with Crippen LogP contribution in [0.25, 0.3) is 0 Å². The van der Waals surface area contributed by atoms with Crippen molar-refractivity contribution in [3.63, 3.8) is 0 Å². The topological polar surface area (TPSA) is 12.0 Å². The molecule has 0 spiro atoms. The molecule has 2 aromatic carbocycles. The van der Waals surface area contributed by atoms with Crippen molar-refractivity contribution in [1.82, 2.24) is 5.32 Å². The molecule has 0 aliphatic heterocycles. The van der Waals surface area contributed by atoms with Crippen molar-refractivity contribution >= 4 is 11.6 Å². The van der Waals surface area contributed by atoms with E-state index >= 15 is 0 Å². The Labute approximate surface area is 122 Å². The van der Waals surface area contributed by atoms with E-state index in [4.69, 9.17) is 11.6 Å². The molecule has 0 saturated heterocycles.